The van der Waals surface area contributed by atoms with E-state index in [2.05, 4.69) is 0 Å². The summed E-state index contributed by atoms with van der Waals surface area (Å²) in [4.78, 5) is 0. The quantitative estimate of drug-likeness (QED) is 0.655. The Balaban J connectivity index is 3.07. The van der Waals surface area contributed by atoms with Gasteiger partial charge in [-0.15, -0.1) is 0 Å². The molecule has 66 valence electrons. The zero-order chi connectivity index (χ0) is 9.14. The van der Waals surface area contributed by atoms with E-state index in [1.54, 1.807) is 18.2 Å². The standard InChI is InChI=1S/C10H12ClF/c1-3-7(2)8-5-4-6-9(11)10(8)12/h4-7H,3H2,1-2H3. The van der Waals surface area contributed by atoms with Gasteiger partial charge < -0.3 is 0 Å². The van der Waals surface area contributed by atoms with Crippen molar-refractivity contribution >= 4 is 11.6 Å². The Morgan fingerprint density at radius 1 is 1.50 bits per heavy atom. The zero-order valence-electron chi connectivity index (χ0n) is 7.27. The fourth-order valence-corrected chi connectivity index (χ4v) is 1.30. The molecular formula is C10H12ClF. The first-order valence-corrected chi connectivity index (χ1v) is 4.48. The molecule has 1 atom stereocenters. The van der Waals surface area contributed by atoms with Crippen molar-refractivity contribution in [2.24, 2.45) is 0 Å². The van der Waals surface area contributed by atoms with Crippen molar-refractivity contribution in [3.63, 3.8) is 0 Å². The third-order valence-electron chi connectivity index (χ3n) is 2.12. The topological polar surface area (TPSA) is 0 Å². The Hall–Kier alpha value is -0.560. The van der Waals surface area contributed by atoms with E-state index in [4.69, 9.17) is 11.6 Å². The largest absolute Gasteiger partial charge is 0.205 e. The van der Waals surface area contributed by atoms with Gasteiger partial charge in [-0.3, -0.25) is 0 Å². The molecule has 12 heavy (non-hydrogen) atoms. The Morgan fingerprint density at radius 3 is 2.75 bits per heavy atom. The van der Waals surface area contributed by atoms with Gasteiger partial charge in [0.2, 0.25) is 0 Å². The summed E-state index contributed by atoms with van der Waals surface area (Å²) in [5.41, 5.74) is 0.713. The van der Waals surface area contributed by atoms with E-state index in [0.29, 0.717) is 5.56 Å². The summed E-state index contributed by atoms with van der Waals surface area (Å²) in [6.07, 6.45) is 0.928. The predicted molar refractivity (Wildman–Crippen MR) is 50.1 cm³/mol. The van der Waals surface area contributed by atoms with Gasteiger partial charge in [0, 0.05) is 0 Å². The van der Waals surface area contributed by atoms with Gasteiger partial charge in [0.1, 0.15) is 5.82 Å². The molecule has 0 aliphatic heterocycles. The van der Waals surface area contributed by atoms with Crippen LogP contribution >= 0.6 is 11.6 Å². The molecule has 0 bridgehead atoms. The molecule has 2 heteroatoms. The van der Waals surface area contributed by atoms with E-state index in [1.807, 2.05) is 13.8 Å². The van der Waals surface area contributed by atoms with Gasteiger partial charge in [-0.2, -0.15) is 0 Å². The fourth-order valence-electron chi connectivity index (χ4n) is 1.12. The highest BCUT2D eigenvalue weighted by Gasteiger charge is 2.10. The lowest BCUT2D eigenvalue weighted by molar-refractivity contribution is 0.584. The van der Waals surface area contributed by atoms with E-state index in [1.165, 1.54) is 0 Å². The van der Waals surface area contributed by atoms with Crippen LogP contribution in [0.25, 0.3) is 0 Å². The second kappa shape index (κ2) is 3.90. The molecule has 0 saturated heterocycles. The summed E-state index contributed by atoms with van der Waals surface area (Å²) >= 11 is 5.64. The monoisotopic (exact) mass is 186 g/mol. The number of benzene rings is 1. The Kier molecular flexibility index (Phi) is 3.10. The third kappa shape index (κ3) is 1.78. The van der Waals surface area contributed by atoms with Gasteiger partial charge in [0.25, 0.3) is 0 Å². The molecule has 1 rings (SSSR count). The summed E-state index contributed by atoms with van der Waals surface area (Å²) in [6, 6.07) is 5.14. The van der Waals surface area contributed by atoms with Crippen molar-refractivity contribution in [1.29, 1.82) is 0 Å². The molecule has 0 aliphatic rings. The van der Waals surface area contributed by atoms with Crippen molar-refractivity contribution < 1.29 is 4.39 Å². The number of hydrogen-bond donors (Lipinski definition) is 0. The second-order valence-corrected chi connectivity index (χ2v) is 3.36. The maximum atomic E-state index is 13.3. The van der Waals surface area contributed by atoms with E-state index in [0.717, 1.165) is 6.42 Å². The lowest BCUT2D eigenvalue weighted by atomic mass is 9.98. The SMILES string of the molecule is CCC(C)c1cccc(Cl)c1F. The van der Waals surface area contributed by atoms with Crippen LogP contribution in [0.5, 0.6) is 0 Å². The highest BCUT2D eigenvalue weighted by Crippen LogP contribution is 2.26. The minimum atomic E-state index is -0.270. The Bertz CT molecular complexity index is 271. The molecule has 0 nitrogen and oxygen atoms in total. The van der Waals surface area contributed by atoms with E-state index in [9.17, 15) is 4.39 Å². The van der Waals surface area contributed by atoms with Crippen molar-refractivity contribution in [2.45, 2.75) is 26.2 Å². The first-order chi connectivity index (χ1) is 5.66. The first-order valence-electron chi connectivity index (χ1n) is 4.10. The van der Waals surface area contributed by atoms with Crippen LogP contribution in [0.15, 0.2) is 18.2 Å². The third-order valence-corrected chi connectivity index (χ3v) is 2.42. The van der Waals surface area contributed by atoms with Crippen molar-refractivity contribution in [1.82, 2.24) is 0 Å². The molecule has 1 aromatic rings. The van der Waals surface area contributed by atoms with Crippen LogP contribution in [0.1, 0.15) is 31.7 Å². The van der Waals surface area contributed by atoms with Gasteiger partial charge in [-0.1, -0.05) is 37.6 Å². The molecule has 0 fully saturated rings. The Morgan fingerprint density at radius 2 is 2.17 bits per heavy atom. The molecule has 0 aliphatic carbocycles. The maximum absolute atomic E-state index is 13.3. The van der Waals surface area contributed by atoms with Crippen LogP contribution in [0.3, 0.4) is 0 Å². The Labute approximate surface area is 77.4 Å². The van der Waals surface area contributed by atoms with E-state index < -0.39 is 0 Å². The normalized spacial score (nSPS) is 13.0. The van der Waals surface area contributed by atoms with Gasteiger partial charge in [0.05, 0.1) is 5.02 Å². The van der Waals surface area contributed by atoms with Crippen LogP contribution in [-0.2, 0) is 0 Å². The smallest absolute Gasteiger partial charge is 0.145 e. The first kappa shape index (κ1) is 9.53. The maximum Gasteiger partial charge on any atom is 0.145 e. The lowest BCUT2D eigenvalue weighted by Gasteiger charge is -2.10. The number of hydrogen-bond acceptors (Lipinski definition) is 0. The lowest BCUT2D eigenvalue weighted by Crippen LogP contribution is -1.95. The van der Waals surface area contributed by atoms with Crippen LogP contribution in [0.4, 0.5) is 4.39 Å². The van der Waals surface area contributed by atoms with E-state index >= 15 is 0 Å². The summed E-state index contributed by atoms with van der Waals surface area (Å²) in [7, 11) is 0. The average molecular weight is 187 g/mol. The molecule has 0 amide bonds. The molecular weight excluding hydrogens is 175 g/mol. The molecule has 1 aromatic carbocycles. The molecule has 0 radical (unpaired) electrons. The summed E-state index contributed by atoms with van der Waals surface area (Å²) in [5.74, 6) is -0.0304. The molecule has 1 unspecified atom stereocenters. The fraction of sp³-hybridized carbons (Fsp3) is 0.400. The van der Waals surface area contributed by atoms with Crippen molar-refractivity contribution in [2.75, 3.05) is 0 Å². The van der Waals surface area contributed by atoms with Gasteiger partial charge in [-0.05, 0) is 24.0 Å². The van der Waals surface area contributed by atoms with Gasteiger partial charge in [-0.25, -0.2) is 4.39 Å². The number of halogens is 2. The average Bonchev–Trinajstić information content (AvgIpc) is 2.08. The summed E-state index contributed by atoms with van der Waals surface area (Å²) in [5, 5.41) is 0.216. The summed E-state index contributed by atoms with van der Waals surface area (Å²) < 4.78 is 13.3. The highest BCUT2D eigenvalue weighted by atomic mass is 35.5. The minimum Gasteiger partial charge on any atom is -0.205 e. The van der Waals surface area contributed by atoms with Crippen LogP contribution in [-0.4, -0.2) is 0 Å². The van der Waals surface area contributed by atoms with Gasteiger partial charge in [0.15, 0.2) is 0 Å². The van der Waals surface area contributed by atoms with Crippen LogP contribution in [0, 0.1) is 5.82 Å². The molecule has 0 N–H and O–H groups in total. The van der Waals surface area contributed by atoms with Crippen LogP contribution < -0.4 is 0 Å². The molecule has 0 spiro atoms. The second-order valence-electron chi connectivity index (χ2n) is 2.95. The van der Waals surface area contributed by atoms with Crippen LogP contribution in [0.2, 0.25) is 5.02 Å². The minimum absolute atomic E-state index is 0.216. The number of rotatable bonds is 2. The van der Waals surface area contributed by atoms with Crippen molar-refractivity contribution in [3.05, 3.63) is 34.6 Å². The molecule has 0 heterocycles. The van der Waals surface area contributed by atoms with Gasteiger partial charge >= 0.3 is 0 Å². The zero-order valence-corrected chi connectivity index (χ0v) is 8.03. The highest BCUT2D eigenvalue weighted by molar-refractivity contribution is 6.30. The van der Waals surface area contributed by atoms with Crippen molar-refractivity contribution in [3.8, 4) is 0 Å². The van der Waals surface area contributed by atoms with E-state index in [-0.39, 0.29) is 16.8 Å². The molecule has 0 aromatic heterocycles. The predicted octanol–water partition coefficient (Wildman–Crippen LogP) is 3.99. The summed E-state index contributed by atoms with van der Waals surface area (Å²) in [6.45, 7) is 4.03. The molecule has 0 saturated carbocycles.